The zero-order chi connectivity index (χ0) is 17.7. The largest absolute Gasteiger partial charge is 0.456 e. The minimum atomic E-state index is -1.44. The molecule has 126 valence electrons. The fraction of sp³-hybridized carbons (Fsp3) is 0.263. The Kier molecular flexibility index (Phi) is 5.67. The highest BCUT2D eigenvalue weighted by molar-refractivity contribution is 7.83. The van der Waals surface area contributed by atoms with Crippen molar-refractivity contribution in [2.45, 2.75) is 38.2 Å². The van der Waals surface area contributed by atoms with Gasteiger partial charge >= 0.3 is 5.97 Å². The number of rotatable bonds is 4. The molecule has 24 heavy (non-hydrogen) atoms. The summed E-state index contributed by atoms with van der Waals surface area (Å²) in [5.41, 5.74) is 1.82. The van der Waals surface area contributed by atoms with E-state index in [9.17, 15) is 9.00 Å². The van der Waals surface area contributed by atoms with E-state index in [1.165, 1.54) is 6.21 Å². The lowest BCUT2D eigenvalue weighted by Gasteiger charge is -2.19. The number of benzene rings is 2. The normalized spacial score (nSPS) is 13.0. The topological polar surface area (TPSA) is 55.7 Å². The maximum absolute atomic E-state index is 12.1. The number of aryl methyl sites for hydroxylation is 1. The smallest absolute Gasteiger partial charge is 0.338 e. The Morgan fingerprint density at radius 2 is 1.62 bits per heavy atom. The zero-order valence-electron chi connectivity index (χ0n) is 14.3. The van der Waals surface area contributed by atoms with E-state index >= 15 is 0 Å². The molecule has 0 aliphatic carbocycles. The van der Waals surface area contributed by atoms with Gasteiger partial charge in [-0.25, -0.2) is 9.00 Å². The second-order valence-electron chi connectivity index (χ2n) is 6.42. The molecule has 0 amide bonds. The Morgan fingerprint density at radius 3 is 2.17 bits per heavy atom. The van der Waals surface area contributed by atoms with E-state index in [2.05, 4.69) is 4.40 Å². The van der Waals surface area contributed by atoms with Crippen molar-refractivity contribution in [1.82, 2.24) is 0 Å². The van der Waals surface area contributed by atoms with Crippen LogP contribution in [0.5, 0.6) is 0 Å². The van der Waals surface area contributed by atoms with Gasteiger partial charge in [-0.05, 0) is 57.5 Å². The SMILES string of the molecule is Cc1ccc([S@](=O)N=Cc2ccc(C(=O)OC(C)(C)C)cc2)cc1. The third-order valence-electron chi connectivity index (χ3n) is 3.07. The fourth-order valence-corrected chi connectivity index (χ4v) is 2.57. The average Bonchev–Trinajstić information content (AvgIpc) is 2.52. The average molecular weight is 343 g/mol. The summed E-state index contributed by atoms with van der Waals surface area (Å²) in [7, 11) is -1.44. The third kappa shape index (κ3) is 5.42. The fourth-order valence-electron chi connectivity index (χ4n) is 1.87. The predicted molar refractivity (Wildman–Crippen MR) is 96.8 cm³/mol. The minimum absolute atomic E-state index is 0.366. The molecule has 0 radical (unpaired) electrons. The summed E-state index contributed by atoms with van der Waals surface area (Å²) in [6.07, 6.45) is 1.54. The highest BCUT2D eigenvalue weighted by atomic mass is 32.2. The van der Waals surface area contributed by atoms with Crippen molar-refractivity contribution in [2.75, 3.05) is 0 Å². The first-order valence-electron chi connectivity index (χ1n) is 7.61. The van der Waals surface area contributed by atoms with Crippen LogP contribution < -0.4 is 0 Å². The summed E-state index contributed by atoms with van der Waals surface area (Å²) in [4.78, 5) is 12.6. The van der Waals surface area contributed by atoms with Gasteiger partial charge in [0.2, 0.25) is 0 Å². The molecule has 0 aliphatic heterocycles. The lowest BCUT2D eigenvalue weighted by Crippen LogP contribution is -2.23. The van der Waals surface area contributed by atoms with Crippen LogP contribution in [0.3, 0.4) is 0 Å². The van der Waals surface area contributed by atoms with Gasteiger partial charge in [0.15, 0.2) is 11.0 Å². The van der Waals surface area contributed by atoms with E-state index in [1.54, 1.807) is 36.4 Å². The molecule has 1 atom stereocenters. The van der Waals surface area contributed by atoms with Gasteiger partial charge in [0.1, 0.15) is 5.60 Å². The third-order valence-corrected chi connectivity index (χ3v) is 4.04. The lowest BCUT2D eigenvalue weighted by molar-refractivity contribution is 0.00695. The van der Waals surface area contributed by atoms with Crippen molar-refractivity contribution in [3.8, 4) is 0 Å². The van der Waals surface area contributed by atoms with Gasteiger partial charge in [0.25, 0.3) is 0 Å². The number of ether oxygens (including phenoxy) is 1. The number of esters is 1. The van der Waals surface area contributed by atoms with Gasteiger partial charge in [-0.3, -0.25) is 0 Å². The van der Waals surface area contributed by atoms with E-state index in [0.29, 0.717) is 10.5 Å². The van der Waals surface area contributed by atoms with Gasteiger partial charge in [-0.1, -0.05) is 29.8 Å². The lowest BCUT2D eigenvalue weighted by atomic mass is 10.1. The zero-order valence-corrected chi connectivity index (χ0v) is 15.1. The maximum atomic E-state index is 12.1. The number of carbonyl (C=O) groups excluding carboxylic acids is 1. The van der Waals surface area contributed by atoms with Crippen molar-refractivity contribution >= 4 is 23.2 Å². The van der Waals surface area contributed by atoms with Gasteiger partial charge in [0, 0.05) is 6.21 Å². The minimum Gasteiger partial charge on any atom is -0.456 e. The summed E-state index contributed by atoms with van der Waals surface area (Å²) in [6, 6.07) is 14.2. The first kappa shape index (κ1) is 18.1. The molecule has 0 spiro atoms. The van der Waals surface area contributed by atoms with Crippen LogP contribution in [0.15, 0.2) is 57.8 Å². The summed E-state index contributed by atoms with van der Waals surface area (Å²) >= 11 is 0. The Balaban J connectivity index is 2.04. The standard InChI is InChI=1S/C19H21NO3S/c1-14-5-11-17(12-6-14)24(22)20-13-15-7-9-16(10-8-15)18(21)23-19(2,3)4/h5-13H,1-4H3/t24-/m0/s1. The molecule has 2 aromatic carbocycles. The van der Waals surface area contributed by atoms with Crippen molar-refractivity contribution < 1.29 is 13.7 Å². The summed E-state index contributed by atoms with van der Waals surface area (Å²) in [5.74, 6) is -0.366. The molecule has 0 N–H and O–H groups in total. The van der Waals surface area contributed by atoms with Crippen LogP contribution >= 0.6 is 0 Å². The van der Waals surface area contributed by atoms with Crippen LogP contribution in [0.1, 0.15) is 42.3 Å². The van der Waals surface area contributed by atoms with Gasteiger partial charge in [-0.2, -0.15) is 4.40 Å². The van der Waals surface area contributed by atoms with Crippen molar-refractivity contribution in [3.05, 3.63) is 65.2 Å². The Bertz CT molecular complexity index is 757. The molecule has 0 fully saturated rings. The number of carbonyl (C=O) groups is 1. The second-order valence-corrected chi connectivity index (χ2v) is 7.60. The summed E-state index contributed by atoms with van der Waals surface area (Å²) in [6.45, 7) is 7.45. The molecule has 0 saturated carbocycles. The van der Waals surface area contributed by atoms with E-state index in [4.69, 9.17) is 4.74 Å². The van der Waals surface area contributed by atoms with E-state index in [0.717, 1.165) is 11.1 Å². The summed E-state index contributed by atoms with van der Waals surface area (Å²) < 4.78 is 21.5. The first-order chi connectivity index (χ1) is 11.2. The molecule has 0 heterocycles. The Hall–Kier alpha value is -2.27. The monoisotopic (exact) mass is 343 g/mol. The highest BCUT2D eigenvalue weighted by Gasteiger charge is 2.17. The molecular formula is C19H21NO3S. The quantitative estimate of drug-likeness (QED) is 0.620. The first-order valence-corrected chi connectivity index (χ1v) is 8.71. The van der Waals surface area contributed by atoms with Crippen LogP contribution in [0.25, 0.3) is 0 Å². The predicted octanol–water partition coefficient (Wildman–Crippen LogP) is 4.09. The van der Waals surface area contributed by atoms with Gasteiger partial charge < -0.3 is 4.74 Å². The molecule has 4 nitrogen and oxygen atoms in total. The van der Waals surface area contributed by atoms with Crippen LogP contribution in [-0.4, -0.2) is 22.0 Å². The van der Waals surface area contributed by atoms with E-state index < -0.39 is 16.6 Å². The highest BCUT2D eigenvalue weighted by Crippen LogP contribution is 2.13. The molecule has 2 aromatic rings. The van der Waals surface area contributed by atoms with Crippen molar-refractivity contribution in [2.24, 2.45) is 4.40 Å². The van der Waals surface area contributed by atoms with E-state index in [1.807, 2.05) is 39.8 Å². The molecule has 0 saturated heterocycles. The summed E-state index contributed by atoms with van der Waals surface area (Å²) in [5, 5.41) is 0. The maximum Gasteiger partial charge on any atom is 0.338 e. The molecule has 2 rings (SSSR count). The van der Waals surface area contributed by atoms with Gasteiger partial charge in [-0.15, -0.1) is 0 Å². The Labute approximate surface area is 145 Å². The second kappa shape index (κ2) is 7.53. The van der Waals surface area contributed by atoms with E-state index in [-0.39, 0.29) is 5.97 Å². The molecule has 5 heteroatoms. The van der Waals surface area contributed by atoms with Crippen molar-refractivity contribution in [1.29, 1.82) is 0 Å². The van der Waals surface area contributed by atoms with Crippen LogP contribution in [0.2, 0.25) is 0 Å². The molecule has 0 unspecified atom stereocenters. The number of hydrogen-bond acceptors (Lipinski definition) is 3. The molecular weight excluding hydrogens is 322 g/mol. The number of hydrogen-bond donors (Lipinski definition) is 0. The molecule has 0 aliphatic rings. The molecule has 0 bridgehead atoms. The molecule has 0 aromatic heterocycles. The van der Waals surface area contributed by atoms with Crippen LogP contribution in [0.4, 0.5) is 0 Å². The van der Waals surface area contributed by atoms with Crippen LogP contribution in [-0.2, 0) is 15.7 Å². The van der Waals surface area contributed by atoms with Gasteiger partial charge in [0.05, 0.1) is 10.5 Å². The van der Waals surface area contributed by atoms with Crippen molar-refractivity contribution in [3.63, 3.8) is 0 Å². The number of nitrogens with zero attached hydrogens (tertiary/aromatic N) is 1. The van der Waals surface area contributed by atoms with Crippen LogP contribution in [0, 0.1) is 6.92 Å². The Morgan fingerprint density at radius 1 is 1.04 bits per heavy atom.